The minimum Gasteiger partial charge on any atom is -0.395 e. The first kappa shape index (κ1) is 10.3. The summed E-state index contributed by atoms with van der Waals surface area (Å²) < 4.78 is 1.68. The standard InChI is InChI=1S/C8H16N6O/c1-12-8(9-10-11-12)14-4-2-13(3-5-14)6-7-15/h15H,2-7H2,1H3. The van der Waals surface area contributed by atoms with Gasteiger partial charge in [-0.25, -0.2) is 4.68 Å². The van der Waals surface area contributed by atoms with Gasteiger partial charge in [-0.15, -0.1) is 0 Å². The van der Waals surface area contributed by atoms with Crippen molar-refractivity contribution in [2.45, 2.75) is 0 Å². The van der Waals surface area contributed by atoms with Gasteiger partial charge in [0.25, 0.3) is 0 Å². The van der Waals surface area contributed by atoms with E-state index in [4.69, 9.17) is 5.11 Å². The highest BCUT2D eigenvalue weighted by Gasteiger charge is 2.19. The fourth-order valence-corrected chi connectivity index (χ4v) is 1.81. The van der Waals surface area contributed by atoms with Gasteiger partial charge in [-0.2, -0.15) is 0 Å². The molecule has 84 valence electrons. The van der Waals surface area contributed by atoms with Crippen LogP contribution < -0.4 is 4.90 Å². The molecule has 0 bridgehead atoms. The monoisotopic (exact) mass is 212 g/mol. The van der Waals surface area contributed by atoms with Crippen LogP contribution in [-0.4, -0.2) is 69.5 Å². The van der Waals surface area contributed by atoms with Gasteiger partial charge >= 0.3 is 0 Å². The number of nitrogens with zero attached hydrogens (tertiary/aromatic N) is 6. The second-order valence-corrected chi connectivity index (χ2v) is 3.65. The molecule has 1 aliphatic heterocycles. The van der Waals surface area contributed by atoms with E-state index in [1.807, 2.05) is 7.05 Å². The average molecular weight is 212 g/mol. The Morgan fingerprint density at radius 2 is 2.00 bits per heavy atom. The Morgan fingerprint density at radius 3 is 2.53 bits per heavy atom. The molecule has 1 N–H and O–H groups in total. The number of hydrogen-bond acceptors (Lipinski definition) is 6. The molecular weight excluding hydrogens is 196 g/mol. The van der Waals surface area contributed by atoms with Gasteiger partial charge in [0.15, 0.2) is 0 Å². The Kier molecular flexibility index (Phi) is 3.12. The van der Waals surface area contributed by atoms with Crippen LogP contribution in [0.3, 0.4) is 0 Å². The Hall–Kier alpha value is -1.21. The minimum absolute atomic E-state index is 0.228. The number of aromatic nitrogens is 4. The second-order valence-electron chi connectivity index (χ2n) is 3.65. The highest BCUT2D eigenvalue weighted by atomic mass is 16.3. The number of anilines is 1. The number of aryl methyl sites for hydroxylation is 1. The van der Waals surface area contributed by atoms with Crippen LogP contribution in [0.4, 0.5) is 5.95 Å². The van der Waals surface area contributed by atoms with Gasteiger partial charge in [0.1, 0.15) is 0 Å². The van der Waals surface area contributed by atoms with E-state index in [1.54, 1.807) is 4.68 Å². The van der Waals surface area contributed by atoms with Gasteiger partial charge in [0.2, 0.25) is 5.95 Å². The molecule has 7 nitrogen and oxygen atoms in total. The van der Waals surface area contributed by atoms with Crippen LogP contribution in [0.5, 0.6) is 0 Å². The summed E-state index contributed by atoms with van der Waals surface area (Å²) in [5, 5.41) is 20.2. The summed E-state index contributed by atoms with van der Waals surface area (Å²) in [6.45, 7) is 4.71. The van der Waals surface area contributed by atoms with Gasteiger partial charge in [-0.3, -0.25) is 4.90 Å². The molecule has 2 rings (SSSR count). The summed E-state index contributed by atoms with van der Waals surface area (Å²) in [4.78, 5) is 4.40. The zero-order valence-corrected chi connectivity index (χ0v) is 8.87. The molecule has 0 saturated carbocycles. The molecule has 0 aliphatic carbocycles. The average Bonchev–Trinajstić information content (AvgIpc) is 2.66. The molecule has 7 heteroatoms. The fraction of sp³-hybridized carbons (Fsp3) is 0.875. The summed E-state index contributed by atoms with van der Waals surface area (Å²) in [5.41, 5.74) is 0. The summed E-state index contributed by atoms with van der Waals surface area (Å²) >= 11 is 0. The van der Waals surface area contributed by atoms with E-state index in [1.165, 1.54) is 0 Å². The predicted octanol–water partition coefficient (Wildman–Crippen LogP) is -1.68. The Balaban J connectivity index is 1.91. The highest BCUT2D eigenvalue weighted by Crippen LogP contribution is 2.10. The normalized spacial score (nSPS) is 18.4. The first-order valence-corrected chi connectivity index (χ1v) is 5.12. The van der Waals surface area contributed by atoms with Crippen LogP contribution in [0.2, 0.25) is 0 Å². The largest absolute Gasteiger partial charge is 0.395 e. The van der Waals surface area contributed by atoms with E-state index in [2.05, 4.69) is 25.3 Å². The van der Waals surface area contributed by atoms with Crippen LogP contribution in [0.25, 0.3) is 0 Å². The first-order valence-electron chi connectivity index (χ1n) is 5.12. The molecule has 0 spiro atoms. The SMILES string of the molecule is Cn1nnnc1N1CCN(CCO)CC1. The zero-order chi connectivity index (χ0) is 10.7. The maximum Gasteiger partial charge on any atom is 0.245 e. The minimum atomic E-state index is 0.228. The van der Waals surface area contributed by atoms with Gasteiger partial charge in [-0.1, -0.05) is 5.10 Å². The van der Waals surface area contributed by atoms with Gasteiger partial charge < -0.3 is 10.0 Å². The predicted molar refractivity (Wildman–Crippen MR) is 54.5 cm³/mol. The van der Waals surface area contributed by atoms with Crippen molar-refractivity contribution in [3.8, 4) is 0 Å². The number of tetrazole rings is 1. The lowest BCUT2D eigenvalue weighted by Crippen LogP contribution is -2.48. The van der Waals surface area contributed by atoms with Crippen LogP contribution in [0.1, 0.15) is 0 Å². The molecule has 1 aromatic heterocycles. The second kappa shape index (κ2) is 4.54. The molecule has 1 fully saturated rings. The van der Waals surface area contributed by atoms with Gasteiger partial charge in [0, 0.05) is 39.8 Å². The van der Waals surface area contributed by atoms with Crippen molar-refractivity contribution in [2.75, 3.05) is 44.2 Å². The van der Waals surface area contributed by atoms with Gasteiger partial charge in [-0.05, 0) is 10.4 Å². The molecule has 0 radical (unpaired) electrons. The fourth-order valence-electron chi connectivity index (χ4n) is 1.81. The maximum atomic E-state index is 8.82. The first-order chi connectivity index (χ1) is 7.31. The van der Waals surface area contributed by atoms with Crippen molar-refractivity contribution in [3.05, 3.63) is 0 Å². The van der Waals surface area contributed by atoms with Crippen molar-refractivity contribution >= 4 is 5.95 Å². The van der Waals surface area contributed by atoms with Crippen LogP contribution in [0.15, 0.2) is 0 Å². The van der Waals surface area contributed by atoms with Crippen molar-refractivity contribution in [2.24, 2.45) is 7.05 Å². The number of aliphatic hydroxyl groups is 1. The van der Waals surface area contributed by atoms with Crippen LogP contribution >= 0.6 is 0 Å². The molecule has 1 saturated heterocycles. The van der Waals surface area contributed by atoms with Gasteiger partial charge in [0.05, 0.1) is 6.61 Å². The third-order valence-corrected chi connectivity index (χ3v) is 2.67. The lowest BCUT2D eigenvalue weighted by molar-refractivity contribution is 0.188. The van der Waals surface area contributed by atoms with Crippen LogP contribution in [-0.2, 0) is 7.05 Å². The number of hydrogen-bond donors (Lipinski definition) is 1. The molecule has 0 amide bonds. The molecule has 1 aromatic rings. The topological polar surface area (TPSA) is 70.3 Å². The van der Waals surface area contributed by atoms with Crippen molar-refractivity contribution in [1.29, 1.82) is 0 Å². The van der Waals surface area contributed by atoms with Crippen molar-refractivity contribution in [3.63, 3.8) is 0 Å². The van der Waals surface area contributed by atoms with Crippen LogP contribution in [0, 0.1) is 0 Å². The third-order valence-electron chi connectivity index (χ3n) is 2.67. The Labute approximate surface area is 88.3 Å². The van der Waals surface area contributed by atoms with E-state index in [-0.39, 0.29) is 6.61 Å². The summed E-state index contributed by atoms with van der Waals surface area (Å²) in [5.74, 6) is 0.818. The quantitative estimate of drug-likeness (QED) is 0.645. The maximum absolute atomic E-state index is 8.82. The number of rotatable bonds is 3. The summed E-state index contributed by atoms with van der Waals surface area (Å²) in [6, 6.07) is 0. The number of β-amino-alcohol motifs (C(OH)–C–C–N with tert-alkyl or cyclic N) is 1. The lowest BCUT2D eigenvalue weighted by atomic mass is 10.3. The Bertz CT molecular complexity index is 306. The molecular formula is C8H16N6O. The lowest BCUT2D eigenvalue weighted by Gasteiger charge is -2.34. The molecule has 1 aliphatic rings. The molecule has 0 unspecified atom stereocenters. The smallest absolute Gasteiger partial charge is 0.245 e. The molecule has 2 heterocycles. The Morgan fingerprint density at radius 1 is 1.27 bits per heavy atom. The number of piperazine rings is 1. The molecule has 0 aromatic carbocycles. The highest BCUT2D eigenvalue weighted by molar-refractivity contribution is 5.28. The van der Waals surface area contributed by atoms with Crippen molar-refractivity contribution < 1.29 is 5.11 Å². The van der Waals surface area contributed by atoms with E-state index >= 15 is 0 Å². The molecule has 15 heavy (non-hydrogen) atoms. The number of aliphatic hydroxyl groups excluding tert-OH is 1. The molecule has 0 atom stereocenters. The van der Waals surface area contributed by atoms with E-state index in [9.17, 15) is 0 Å². The van der Waals surface area contributed by atoms with E-state index in [0.717, 1.165) is 38.7 Å². The summed E-state index contributed by atoms with van der Waals surface area (Å²) in [6.07, 6.45) is 0. The van der Waals surface area contributed by atoms with E-state index < -0.39 is 0 Å². The third kappa shape index (κ3) is 2.24. The zero-order valence-electron chi connectivity index (χ0n) is 8.87. The summed E-state index contributed by atoms with van der Waals surface area (Å²) in [7, 11) is 1.84. The van der Waals surface area contributed by atoms with E-state index in [0.29, 0.717) is 0 Å². The van der Waals surface area contributed by atoms with Crippen molar-refractivity contribution in [1.82, 2.24) is 25.1 Å².